The van der Waals surface area contributed by atoms with Crippen LogP contribution in [0.25, 0.3) is 0 Å². The van der Waals surface area contributed by atoms with Gasteiger partial charge in [0.15, 0.2) is 5.79 Å². The van der Waals surface area contributed by atoms with Gasteiger partial charge in [0.1, 0.15) is 5.60 Å². The number of hydrogen-bond donors (Lipinski definition) is 0. The Hall–Kier alpha value is -0.870. The maximum absolute atomic E-state index is 11.4. The van der Waals surface area contributed by atoms with Gasteiger partial charge in [-0.2, -0.15) is 0 Å². The highest BCUT2D eigenvalue weighted by atomic mass is 16.7. The van der Waals surface area contributed by atoms with Gasteiger partial charge in [0.05, 0.1) is 6.61 Å². The third kappa shape index (κ3) is 2.79. The summed E-state index contributed by atoms with van der Waals surface area (Å²) in [5, 5.41) is 0. The Labute approximate surface area is 90.2 Å². The SMILES string of the molecule is C=C(C)C(=O)OC1(C)COC(C)(OC)C1. The molecule has 0 amide bonds. The highest BCUT2D eigenvalue weighted by Crippen LogP contribution is 2.36. The van der Waals surface area contributed by atoms with Crippen LogP contribution in [0.3, 0.4) is 0 Å². The minimum Gasteiger partial charge on any atom is -0.453 e. The number of ether oxygens (including phenoxy) is 3. The third-order valence-corrected chi connectivity index (χ3v) is 2.50. The minimum absolute atomic E-state index is 0.344. The number of esters is 1. The molecule has 0 aromatic rings. The number of methoxy groups -OCH3 is 1. The maximum atomic E-state index is 11.4. The molecule has 0 aromatic heterocycles. The average Bonchev–Trinajstić information content (AvgIpc) is 2.43. The molecule has 0 aliphatic carbocycles. The van der Waals surface area contributed by atoms with Gasteiger partial charge in [0, 0.05) is 19.1 Å². The van der Waals surface area contributed by atoms with Crippen LogP contribution in [0.15, 0.2) is 12.2 Å². The van der Waals surface area contributed by atoms with Crippen LogP contribution < -0.4 is 0 Å². The lowest BCUT2D eigenvalue weighted by atomic mass is 10.0. The van der Waals surface area contributed by atoms with E-state index in [-0.39, 0.29) is 5.97 Å². The molecule has 1 heterocycles. The van der Waals surface area contributed by atoms with E-state index in [4.69, 9.17) is 14.2 Å². The highest BCUT2D eigenvalue weighted by molar-refractivity contribution is 5.87. The first kappa shape index (κ1) is 12.2. The van der Waals surface area contributed by atoms with Crippen molar-refractivity contribution in [1.29, 1.82) is 0 Å². The van der Waals surface area contributed by atoms with Crippen LogP contribution in [0.5, 0.6) is 0 Å². The topological polar surface area (TPSA) is 44.8 Å². The molecule has 1 rings (SSSR count). The Balaban J connectivity index is 2.64. The molecule has 15 heavy (non-hydrogen) atoms. The second-order valence-corrected chi connectivity index (χ2v) is 4.42. The van der Waals surface area contributed by atoms with Crippen LogP contribution in [-0.4, -0.2) is 31.1 Å². The van der Waals surface area contributed by atoms with Gasteiger partial charge < -0.3 is 14.2 Å². The molecule has 1 fully saturated rings. The van der Waals surface area contributed by atoms with Crippen LogP contribution in [0, 0.1) is 0 Å². The molecule has 4 heteroatoms. The van der Waals surface area contributed by atoms with E-state index in [0.29, 0.717) is 18.6 Å². The highest BCUT2D eigenvalue weighted by Gasteiger charge is 2.47. The first-order chi connectivity index (χ1) is 6.80. The summed E-state index contributed by atoms with van der Waals surface area (Å²) in [6.07, 6.45) is 0.523. The van der Waals surface area contributed by atoms with Crippen molar-refractivity contribution in [3.8, 4) is 0 Å². The standard InChI is InChI=1S/C11H18O4/c1-8(2)9(12)15-10(3)6-11(4,13-5)14-7-10/h1,6-7H2,2-5H3. The lowest BCUT2D eigenvalue weighted by molar-refractivity contribution is -0.178. The monoisotopic (exact) mass is 214 g/mol. The Morgan fingerprint density at radius 2 is 2.07 bits per heavy atom. The summed E-state index contributed by atoms with van der Waals surface area (Å²) in [6, 6.07) is 0. The number of carbonyl (C=O) groups excluding carboxylic acids is 1. The molecule has 0 saturated carbocycles. The van der Waals surface area contributed by atoms with E-state index in [1.807, 2.05) is 13.8 Å². The number of hydrogen-bond acceptors (Lipinski definition) is 4. The minimum atomic E-state index is -0.663. The first-order valence-electron chi connectivity index (χ1n) is 4.88. The van der Waals surface area contributed by atoms with Crippen molar-refractivity contribution in [3.05, 3.63) is 12.2 Å². The van der Waals surface area contributed by atoms with Crippen LogP contribution in [0.1, 0.15) is 27.2 Å². The molecule has 0 radical (unpaired) electrons. The molecule has 86 valence electrons. The molecule has 0 spiro atoms. The van der Waals surface area contributed by atoms with Crippen LogP contribution in [0.2, 0.25) is 0 Å². The predicted octanol–water partition coefficient (Wildman–Crippen LogP) is 1.65. The van der Waals surface area contributed by atoms with E-state index in [1.54, 1.807) is 14.0 Å². The number of rotatable bonds is 3. The Morgan fingerprint density at radius 1 is 1.47 bits per heavy atom. The molecule has 1 saturated heterocycles. The van der Waals surface area contributed by atoms with Gasteiger partial charge in [0.2, 0.25) is 0 Å². The van der Waals surface area contributed by atoms with Gasteiger partial charge in [-0.05, 0) is 20.8 Å². The molecular weight excluding hydrogens is 196 g/mol. The fourth-order valence-electron chi connectivity index (χ4n) is 1.59. The van der Waals surface area contributed by atoms with E-state index >= 15 is 0 Å². The predicted molar refractivity (Wildman–Crippen MR) is 55.3 cm³/mol. The Bertz CT molecular complexity index is 286. The first-order valence-corrected chi connectivity index (χ1v) is 4.88. The van der Waals surface area contributed by atoms with E-state index < -0.39 is 11.4 Å². The summed E-state index contributed by atoms with van der Waals surface area (Å²) >= 11 is 0. The summed E-state index contributed by atoms with van der Waals surface area (Å²) in [5.74, 6) is -1.05. The molecule has 2 atom stereocenters. The van der Waals surface area contributed by atoms with Crippen molar-refractivity contribution in [1.82, 2.24) is 0 Å². The van der Waals surface area contributed by atoms with Crippen molar-refractivity contribution in [3.63, 3.8) is 0 Å². The van der Waals surface area contributed by atoms with Crippen LogP contribution >= 0.6 is 0 Å². The maximum Gasteiger partial charge on any atom is 0.333 e. The van der Waals surface area contributed by atoms with Gasteiger partial charge in [-0.1, -0.05) is 6.58 Å². The molecule has 0 bridgehead atoms. The fraction of sp³-hybridized carbons (Fsp3) is 0.727. The zero-order chi connectivity index (χ0) is 11.7. The molecule has 2 unspecified atom stereocenters. The van der Waals surface area contributed by atoms with Crippen molar-refractivity contribution < 1.29 is 19.0 Å². The summed E-state index contributed by atoms with van der Waals surface area (Å²) in [5.41, 5.74) is -0.233. The lowest BCUT2D eigenvalue weighted by Crippen LogP contribution is -2.34. The van der Waals surface area contributed by atoms with Crippen molar-refractivity contribution >= 4 is 5.97 Å². The fourth-order valence-corrected chi connectivity index (χ4v) is 1.59. The van der Waals surface area contributed by atoms with E-state index in [1.165, 1.54) is 0 Å². The molecular formula is C11H18O4. The molecule has 1 aliphatic heterocycles. The third-order valence-electron chi connectivity index (χ3n) is 2.50. The number of carbonyl (C=O) groups is 1. The van der Waals surface area contributed by atoms with Gasteiger partial charge in [-0.15, -0.1) is 0 Å². The quantitative estimate of drug-likeness (QED) is 0.529. The van der Waals surface area contributed by atoms with Gasteiger partial charge in [-0.25, -0.2) is 4.79 Å². The smallest absolute Gasteiger partial charge is 0.333 e. The zero-order valence-electron chi connectivity index (χ0n) is 9.75. The molecule has 0 aromatic carbocycles. The summed E-state index contributed by atoms with van der Waals surface area (Å²) in [4.78, 5) is 11.4. The summed E-state index contributed by atoms with van der Waals surface area (Å²) < 4.78 is 16.0. The lowest BCUT2D eigenvalue weighted by Gasteiger charge is -2.25. The molecule has 1 aliphatic rings. The van der Waals surface area contributed by atoms with Crippen molar-refractivity contribution in [2.75, 3.05) is 13.7 Å². The summed E-state index contributed by atoms with van der Waals surface area (Å²) in [7, 11) is 1.58. The Kier molecular flexibility index (Phi) is 3.21. The second kappa shape index (κ2) is 3.94. The molecule has 4 nitrogen and oxygen atoms in total. The van der Waals surface area contributed by atoms with Crippen molar-refractivity contribution in [2.24, 2.45) is 0 Å². The van der Waals surface area contributed by atoms with E-state index in [0.717, 1.165) is 0 Å². The van der Waals surface area contributed by atoms with Gasteiger partial charge in [-0.3, -0.25) is 0 Å². The van der Waals surface area contributed by atoms with Gasteiger partial charge >= 0.3 is 5.97 Å². The van der Waals surface area contributed by atoms with E-state index in [9.17, 15) is 4.79 Å². The molecule has 0 N–H and O–H groups in total. The van der Waals surface area contributed by atoms with Crippen molar-refractivity contribution in [2.45, 2.75) is 38.6 Å². The van der Waals surface area contributed by atoms with Crippen LogP contribution in [-0.2, 0) is 19.0 Å². The Morgan fingerprint density at radius 3 is 2.47 bits per heavy atom. The van der Waals surface area contributed by atoms with Crippen LogP contribution in [0.4, 0.5) is 0 Å². The summed E-state index contributed by atoms with van der Waals surface area (Å²) in [6.45, 7) is 9.16. The van der Waals surface area contributed by atoms with Gasteiger partial charge in [0.25, 0.3) is 0 Å². The zero-order valence-corrected chi connectivity index (χ0v) is 9.75. The largest absolute Gasteiger partial charge is 0.453 e. The second-order valence-electron chi connectivity index (χ2n) is 4.42. The normalized spacial score (nSPS) is 35.2. The average molecular weight is 214 g/mol. The van der Waals surface area contributed by atoms with E-state index in [2.05, 4.69) is 6.58 Å².